The zero-order valence-corrected chi connectivity index (χ0v) is 10.4. The number of hydrogen-bond acceptors (Lipinski definition) is 3. The van der Waals surface area contributed by atoms with E-state index in [0.717, 1.165) is 5.56 Å². The average molecular weight is 250 g/mol. The van der Waals surface area contributed by atoms with Gasteiger partial charge in [0.05, 0.1) is 7.11 Å². The predicted molar refractivity (Wildman–Crippen MR) is 67.1 cm³/mol. The predicted octanol–water partition coefficient (Wildman–Crippen LogP) is 3.84. The molecule has 17 heavy (non-hydrogen) atoms. The van der Waals surface area contributed by atoms with E-state index in [9.17, 15) is 0 Å². The van der Waals surface area contributed by atoms with Crippen LogP contribution >= 0.6 is 11.6 Å². The van der Waals surface area contributed by atoms with E-state index in [4.69, 9.17) is 21.1 Å². The second-order valence-electron chi connectivity index (χ2n) is 3.53. The number of aromatic nitrogens is 1. The van der Waals surface area contributed by atoms with Crippen molar-refractivity contribution in [3.8, 4) is 17.2 Å². The molecular formula is C13H12ClNO2. The maximum atomic E-state index is 5.83. The van der Waals surface area contributed by atoms with E-state index in [2.05, 4.69) is 4.98 Å². The van der Waals surface area contributed by atoms with Gasteiger partial charge in [0.1, 0.15) is 10.9 Å². The summed E-state index contributed by atoms with van der Waals surface area (Å²) < 4.78 is 11.0. The molecule has 0 radical (unpaired) electrons. The highest BCUT2D eigenvalue weighted by molar-refractivity contribution is 6.29. The summed E-state index contributed by atoms with van der Waals surface area (Å²) in [5, 5.41) is 0.403. The molecule has 0 aliphatic rings. The maximum absolute atomic E-state index is 5.83. The van der Waals surface area contributed by atoms with Crippen LogP contribution in [-0.2, 0) is 0 Å². The van der Waals surface area contributed by atoms with Crippen LogP contribution < -0.4 is 9.47 Å². The number of pyridine rings is 1. The number of ether oxygens (including phenoxy) is 2. The molecule has 0 bridgehead atoms. The summed E-state index contributed by atoms with van der Waals surface area (Å²) in [5.74, 6) is 2.01. The third-order valence-corrected chi connectivity index (χ3v) is 2.52. The van der Waals surface area contributed by atoms with E-state index in [-0.39, 0.29) is 0 Å². The van der Waals surface area contributed by atoms with Gasteiger partial charge < -0.3 is 9.47 Å². The molecule has 3 nitrogen and oxygen atoms in total. The van der Waals surface area contributed by atoms with Crippen LogP contribution in [0, 0.1) is 6.92 Å². The quantitative estimate of drug-likeness (QED) is 0.775. The molecule has 0 aliphatic heterocycles. The Bertz CT molecular complexity index is 529. The Morgan fingerprint density at radius 1 is 1.12 bits per heavy atom. The van der Waals surface area contributed by atoms with Crippen LogP contribution in [0.3, 0.4) is 0 Å². The highest BCUT2D eigenvalue weighted by Gasteiger charge is 2.07. The van der Waals surface area contributed by atoms with Crippen LogP contribution in [0.2, 0.25) is 5.15 Å². The van der Waals surface area contributed by atoms with Crippen molar-refractivity contribution in [3.05, 3.63) is 47.2 Å². The second-order valence-corrected chi connectivity index (χ2v) is 3.91. The topological polar surface area (TPSA) is 31.4 Å². The number of benzene rings is 1. The van der Waals surface area contributed by atoms with Crippen molar-refractivity contribution in [2.24, 2.45) is 0 Å². The van der Waals surface area contributed by atoms with E-state index in [1.54, 1.807) is 19.4 Å². The van der Waals surface area contributed by atoms with Crippen molar-refractivity contribution in [1.29, 1.82) is 0 Å². The molecule has 1 aromatic heterocycles. The van der Waals surface area contributed by atoms with Gasteiger partial charge in [0, 0.05) is 17.8 Å². The molecule has 2 rings (SSSR count). The van der Waals surface area contributed by atoms with Crippen LogP contribution in [-0.4, -0.2) is 12.1 Å². The Hall–Kier alpha value is -1.74. The molecule has 0 saturated carbocycles. The molecule has 1 heterocycles. The number of halogens is 1. The third-order valence-electron chi connectivity index (χ3n) is 2.31. The lowest BCUT2D eigenvalue weighted by Gasteiger charge is -2.11. The fraction of sp³-hybridized carbons (Fsp3) is 0.154. The highest BCUT2D eigenvalue weighted by Crippen LogP contribution is 2.32. The summed E-state index contributed by atoms with van der Waals surface area (Å²) >= 11 is 5.83. The summed E-state index contributed by atoms with van der Waals surface area (Å²) in [6, 6.07) is 9.14. The van der Waals surface area contributed by atoms with Crippen LogP contribution in [0.15, 0.2) is 36.5 Å². The molecule has 0 N–H and O–H groups in total. The van der Waals surface area contributed by atoms with E-state index in [1.807, 2.05) is 31.2 Å². The lowest BCUT2D eigenvalue weighted by atomic mass is 10.3. The van der Waals surface area contributed by atoms with Crippen LogP contribution in [0.25, 0.3) is 0 Å². The number of nitrogens with zero attached hydrogens (tertiary/aromatic N) is 1. The molecule has 0 atom stereocenters. The first-order valence-corrected chi connectivity index (χ1v) is 5.51. The van der Waals surface area contributed by atoms with Crippen molar-refractivity contribution in [2.45, 2.75) is 6.92 Å². The van der Waals surface area contributed by atoms with E-state index in [1.165, 1.54) is 0 Å². The Balaban J connectivity index is 2.34. The number of rotatable bonds is 3. The zero-order chi connectivity index (χ0) is 12.3. The summed E-state index contributed by atoms with van der Waals surface area (Å²) in [5.41, 5.74) is 0.917. The minimum atomic E-state index is 0.403. The van der Waals surface area contributed by atoms with Crippen LogP contribution in [0.4, 0.5) is 0 Å². The van der Waals surface area contributed by atoms with Gasteiger partial charge in [-0.3, -0.25) is 0 Å². The van der Waals surface area contributed by atoms with Crippen molar-refractivity contribution >= 4 is 11.6 Å². The largest absolute Gasteiger partial charge is 0.493 e. The average Bonchev–Trinajstić information content (AvgIpc) is 2.34. The van der Waals surface area contributed by atoms with E-state index < -0.39 is 0 Å². The third kappa shape index (κ3) is 2.68. The van der Waals surface area contributed by atoms with Gasteiger partial charge in [0.2, 0.25) is 0 Å². The molecular weight excluding hydrogens is 238 g/mol. The van der Waals surface area contributed by atoms with Gasteiger partial charge in [-0.15, -0.1) is 0 Å². The molecule has 0 amide bonds. The fourth-order valence-corrected chi connectivity index (χ4v) is 1.56. The van der Waals surface area contributed by atoms with E-state index in [0.29, 0.717) is 22.4 Å². The highest BCUT2D eigenvalue weighted by atomic mass is 35.5. The number of methoxy groups -OCH3 is 1. The lowest BCUT2D eigenvalue weighted by molar-refractivity contribution is 0.378. The van der Waals surface area contributed by atoms with Crippen LogP contribution in [0.1, 0.15) is 5.56 Å². The smallest absolute Gasteiger partial charge is 0.169 e. The van der Waals surface area contributed by atoms with Crippen LogP contribution in [0.5, 0.6) is 17.2 Å². The molecule has 4 heteroatoms. The van der Waals surface area contributed by atoms with Gasteiger partial charge in [-0.25, -0.2) is 4.98 Å². The first-order valence-electron chi connectivity index (χ1n) is 5.13. The minimum Gasteiger partial charge on any atom is -0.493 e. The monoisotopic (exact) mass is 249 g/mol. The first kappa shape index (κ1) is 11.7. The van der Waals surface area contributed by atoms with Gasteiger partial charge in [0.25, 0.3) is 0 Å². The van der Waals surface area contributed by atoms with E-state index >= 15 is 0 Å². The minimum absolute atomic E-state index is 0.403. The zero-order valence-electron chi connectivity index (χ0n) is 9.61. The number of aryl methyl sites for hydroxylation is 1. The number of hydrogen-bond donors (Lipinski definition) is 0. The first-order chi connectivity index (χ1) is 8.20. The molecule has 0 saturated heterocycles. The molecule has 1 aromatic carbocycles. The Kier molecular flexibility index (Phi) is 3.49. The van der Waals surface area contributed by atoms with Crippen molar-refractivity contribution in [2.75, 3.05) is 7.11 Å². The summed E-state index contributed by atoms with van der Waals surface area (Å²) in [4.78, 5) is 3.98. The SMILES string of the molecule is COc1ccccc1Oc1cc(Cl)ncc1C. The summed E-state index contributed by atoms with van der Waals surface area (Å²) in [6.07, 6.45) is 1.67. The molecule has 88 valence electrons. The van der Waals surface area contributed by atoms with Crippen molar-refractivity contribution in [3.63, 3.8) is 0 Å². The molecule has 0 aliphatic carbocycles. The Morgan fingerprint density at radius 2 is 1.82 bits per heavy atom. The fourth-order valence-electron chi connectivity index (χ4n) is 1.41. The van der Waals surface area contributed by atoms with Gasteiger partial charge in [-0.05, 0) is 19.1 Å². The molecule has 2 aromatic rings. The van der Waals surface area contributed by atoms with Gasteiger partial charge >= 0.3 is 0 Å². The lowest BCUT2D eigenvalue weighted by Crippen LogP contribution is -1.92. The summed E-state index contributed by atoms with van der Waals surface area (Å²) in [7, 11) is 1.61. The van der Waals surface area contributed by atoms with Crippen molar-refractivity contribution in [1.82, 2.24) is 4.98 Å². The number of para-hydroxylation sites is 2. The molecule has 0 spiro atoms. The molecule has 0 fully saturated rings. The standard InChI is InChI=1S/C13H12ClNO2/c1-9-8-15-13(14)7-12(9)17-11-6-4-3-5-10(11)16-2/h3-8H,1-2H3. The maximum Gasteiger partial charge on any atom is 0.169 e. The van der Waals surface area contributed by atoms with Gasteiger partial charge in [-0.1, -0.05) is 23.7 Å². The Labute approximate surface area is 105 Å². The van der Waals surface area contributed by atoms with Gasteiger partial charge in [0.15, 0.2) is 11.5 Å². The Morgan fingerprint density at radius 3 is 2.53 bits per heavy atom. The summed E-state index contributed by atoms with van der Waals surface area (Å²) in [6.45, 7) is 1.91. The second kappa shape index (κ2) is 5.06. The van der Waals surface area contributed by atoms with Gasteiger partial charge in [-0.2, -0.15) is 0 Å². The molecule has 0 unspecified atom stereocenters. The van der Waals surface area contributed by atoms with Crippen molar-refractivity contribution < 1.29 is 9.47 Å². The normalized spacial score (nSPS) is 10.1.